The van der Waals surface area contributed by atoms with E-state index in [2.05, 4.69) is 15.5 Å². The summed E-state index contributed by atoms with van der Waals surface area (Å²) < 4.78 is 1.97. The standard InChI is InChI=1S/C25H22Cl2N4OS/c26-21-14-13-20(16-22(21)27)31-24(19-10-5-2-6-11-19)29-30-25(31)33-15-7-12-23(32)28-17-18-8-3-1-4-9-18/h1-6,8-11,13-14,16H,7,12,15,17H2,(H,28,32). The fourth-order valence-electron chi connectivity index (χ4n) is 3.28. The smallest absolute Gasteiger partial charge is 0.220 e. The Morgan fingerprint density at radius 2 is 1.64 bits per heavy atom. The van der Waals surface area contributed by atoms with E-state index in [-0.39, 0.29) is 5.91 Å². The Labute approximate surface area is 207 Å². The number of carbonyl (C=O) groups is 1. The number of thioether (sulfide) groups is 1. The minimum atomic E-state index is 0.0374. The van der Waals surface area contributed by atoms with Gasteiger partial charge in [0.2, 0.25) is 5.91 Å². The predicted molar refractivity (Wildman–Crippen MR) is 135 cm³/mol. The zero-order chi connectivity index (χ0) is 23.0. The first-order valence-corrected chi connectivity index (χ1v) is 12.3. The summed E-state index contributed by atoms with van der Waals surface area (Å²) in [6.07, 6.45) is 1.17. The summed E-state index contributed by atoms with van der Waals surface area (Å²) in [5.74, 6) is 1.49. The van der Waals surface area contributed by atoms with Crippen molar-refractivity contribution >= 4 is 40.9 Å². The highest BCUT2D eigenvalue weighted by Gasteiger charge is 2.17. The second kappa shape index (κ2) is 11.4. The molecule has 0 aliphatic carbocycles. The van der Waals surface area contributed by atoms with Crippen LogP contribution in [0.2, 0.25) is 10.0 Å². The van der Waals surface area contributed by atoms with Gasteiger partial charge in [0.25, 0.3) is 0 Å². The van der Waals surface area contributed by atoms with Crippen molar-refractivity contribution in [3.8, 4) is 17.1 Å². The van der Waals surface area contributed by atoms with E-state index in [9.17, 15) is 4.79 Å². The molecule has 1 heterocycles. The van der Waals surface area contributed by atoms with E-state index < -0.39 is 0 Å². The summed E-state index contributed by atoms with van der Waals surface area (Å²) in [7, 11) is 0. The van der Waals surface area contributed by atoms with Gasteiger partial charge >= 0.3 is 0 Å². The quantitative estimate of drug-likeness (QED) is 0.214. The number of hydrogen-bond acceptors (Lipinski definition) is 4. The summed E-state index contributed by atoms with van der Waals surface area (Å²) in [6, 6.07) is 25.2. The van der Waals surface area contributed by atoms with Gasteiger partial charge in [0.1, 0.15) is 0 Å². The average molecular weight is 497 g/mol. The minimum absolute atomic E-state index is 0.0374. The van der Waals surface area contributed by atoms with E-state index in [0.717, 1.165) is 40.0 Å². The first-order chi connectivity index (χ1) is 16.1. The molecule has 0 aliphatic rings. The lowest BCUT2D eigenvalue weighted by Gasteiger charge is -2.11. The summed E-state index contributed by atoms with van der Waals surface area (Å²) in [5, 5.41) is 13.5. The zero-order valence-corrected chi connectivity index (χ0v) is 20.1. The van der Waals surface area contributed by atoms with Crippen molar-refractivity contribution in [2.45, 2.75) is 24.5 Å². The van der Waals surface area contributed by atoms with Crippen LogP contribution in [0.15, 0.2) is 84.0 Å². The van der Waals surface area contributed by atoms with Crippen LogP contribution in [0.25, 0.3) is 17.1 Å². The van der Waals surface area contributed by atoms with Gasteiger partial charge in [0, 0.05) is 24.3 Å². The number of nitrogens with zero attached hydrogens (tertiary/aromatic N) is 3. The molecule has 1 amide bonds. The molecular weight excluding hydrogens is 475 g/mol. The molecule has 0 fully saturated rings. The molecule has 168 valence electrons. The Bertz CT molecular complexity index is 1220. The highest BCUT2D eigenvalue weighted by Crippen LogP contribution is 2.31. The Hall–Kier alpha value is -2.80. The molecule has 0 radical (unpaired) electrons. The van der Waals surface area contributed by atoms with E-state index in [0.29, 0.717) is 23.0 Å². The zero-order valence-electron chi connectivity index (χ0n) is 17.7. The normalized spacial score (nSPS) is 10.8. The molecule has 4 rings (SSSR count). The minimum Gasteiger partial charge on any atom is -0.352 e. The van der Waals surface area contributed by atoms with Gasteiger partial charge in [-0.15, -0.1) is 10.2 Å². The third-order valence-corrected chi connectivity index (χ3v) is 6.69. The number of nitrogens with one attached hydrogen (secondary N) is 1. The maximum absolute atomic E-state index is 12.2. The van der Waals surface area contributed by atoms with Crippen molar-refractivity contribution < 1.29 is 4.79 Å². The molecule has 0 unspecified atom stereocenters. The Morgan fingerprint density at radius 3 is 2.36 bits per heavy atom. The molecule has 0 atom stereocenters. The highest BCUT2D eigenvalue weighted by molar-refractivity contribution is 7.99. The third-order valence-electron chi connectivity index (χ3n) is 4.94. The molecule has 8 heteroatoms. The molecule has 0 spiro atoms. The van der Waals surface area contributed by atoms with Crippen LogP contribution in [0.4, 0.5) is 0 Å². The molecule has 0 bridgehead atoms. The molecule has 4 aromatic rings. The molecular formula is C25H22Cl2N4OS. The number of aromatic nitrogens is 3. The van der Waals surface area contributed by atoms with Crippen LogP contribution in [0.3, 0.4) is 0 Å². The summed E-state index contributed by atoms with van der Waals surface area (Å²) in [4.78, 5) is 12.2. The van der Waals surface area contributed by atoms with Crippen LogP contribution in [-0.2, 0) is 11.3 Å². The SMILES string of the molecule is O=C(CCCSc1nnc(-c2ccccc2)n1-c1ccc(Cl)c(Cl)c1)NCc1ccccc1. The predicted octanol–water partition coefficient (Wildman–Crippen LogP) is 6.43. The Balaban J connectivity index is 1.42. The first kappa shape index (κ1) is 23.4. The molecule has 1 N–H and O–H groups in total. The van der Waals surface area contributed by atoms with Gasteiger partial charge in [-0.1, -0.05) is 95.6 Å². The van der Waals surface area contributed by atoms with E-state index >= 15 is 0 Å². The fourth-order valence-corrected chi connectivity index (χ4v) is 4.46. The Kier molecular flexibility index (Phi) is 8.05. The summed E-state index contributed by atoms with van der Waals surface area (Å²) in [6.45, 7) is 0.541. The lowest BCUT2D eigenvalue weighted by atomic mass is 10.2. The molecule has 0 saturated carbocycles. The summed E-state index contributed by atoms with van der Waals surface area (Å²) >= 11 is 14.0. The largest absolute Gasteiger partial charge is 0.352 e. The molecule has 0 aliphatic heterocycles. The fraction of sp³-hybridized carbons (Fsp3) is 0.160. The van der Waals surface area contributed by atoms with Gasteiger partial charge < -0.3 is 5.32 Å². The van der Waals surface area contributed by atoms with Crippen molar-refractivity contribution in [3.63, 3.8) is 0 Å². The van der Waals surface area contributed by atoms with Crippen molar-refractivity contribution in [1.82, 2.24) is 20.1 Å². The van der Waals surface area contributed by atoms with Crippen LogP contribution in [0.1, 0.15) is 18.4 Å². The monoisotopic (exact) mass is 496 g/mol. The van der Waals surface area contributed by atoms with Crippen molar-refractivity contribution in [2.75, 3.05) is 5.75 Å². The summed E-state index contributed by atoms with van der Waals surface area (Å²) in [5.41, 5.74) is 2.86. The van der Waals surface area contributed by atoms with Gasteiger partial charge in [-0.3, -0.25) is 9.36 Å². The first-order valence-electron chi connectivity index (χ1n) is 10.5. The van der Waals surface area contributed by atoms with Gasteiger partial charge in [0.15, 0.2) is 11.0 Å². The number of hydrogen-bond donors (Lipinski definition) is 1. The topological polar surface area (TPSA) is 59.8 Å². The lowest BCUT2D eigenvalue weighted by Crippen LogP contribution is -2.22. The van der Waals surface area contributed by atoms with E-state index in [1.807, 2.05) is 71.3 Å². The lowest BCUT2D eigenvalue weighted by molar-refractivity contribution is -0.121. The number of benzene rings is 3. The van der Waals surface area contributed by atoms with Crippen molar-refractivity contribution in [2.24, 2.45) is 0 Å². The average Bonchev–Trinajstić information content (AvgIpc) is 3.27. The van der Waals surface area contributed by atoms with Crippen LogP contribution in [0, 0.1) is 0 Å². The second-order valence-corrected chi connectivity index (χ2v) is 9.20. The number of halogens is 2. The number of rotatable bonds is 9. The molecule has 1 aromatic heterocycles. The number of amides is 1. The van der Waals surface area contributed by atoms with Crippen LogP contribution >= 0.6 is 35.0 Å². The van der Waals surface area contributed by atoms with Gasteiger partial charge in [-0.2, -0.15) is 0 Å². The molecule has 5 nitrogen and oxygen atoms in total. The molecule has 33 heavy (non-hydrogen) atoms. The van der Waals surface area contributed by atoms with Crippen LogP contribution in [0.5, 0.6) is 0 Å². The van der Waals surface area contributed by atoms with Gasteiger partial charge in [-0.25, -0.2) is 0 Å². The van der Waals surface area contributed by atoms with Crippen molar-refractivity contribution in [1.29, 1.82) is 0 Å². The van der Waals surface area contributed by atoms with E-state index in [1.165, 1.54) is 0 Å². The Morgan fingerprint density at radius 1 is 0.909 bits per heavy atom. The maximum atomic E-state index is 12.2. The van der Waals surface area contributed by atoms with Crippen LogP contribution in [-0.4, -0.2) is 26.4 Å². The third kappa shape index (κ3) is 6.16. The van der Waals surface area contributed by atoms with E-state index in [1.54, 1.807) is 23.9 Å². The maximum Gasteiger partial charge on any atom is 0.220 e. The van der Waals surface area contributed by atoms with Gasteiger partial charge in [0.05, 0.1) is 15.7 Å². The van der Waals surface area contributed by atoms with E-state index in [4.69, 9.17) is 23.2 Å². The highest BCUT2D eigenvalue weighted by atomic mass is 35.5. The molecule has 3 aromatic carbocycles. The van der Waals surface area contributed by atoms with Gasteiger partial charge in [-0.05, 0) is 30.2 Å². The second-order valence-electron chi connectivity index (χ2n) is 7.32. The van der Waals surface area contributed by atoms with Crippen LogP contribution < -0.4 is 5.32 Å². The number of carbonyl (C=O) groups excluding carboxylic acids is 1. The van der Waals surface area contributed by atoms with Crippen molar-refractivity contribution in [3.05, 3.63) is 94.5 Å². The molecule has 0 saturated heterocycles.